The molecule has 1 aromatic carbocycles. The predicted octanol–water partition coefficient (Wildman–Crippen LogP) is 6.48. The number of anilines is 3. The van der Waals surface area contributed by atoms with E-state index in [4.69, 9.17) is 9.72 Å². The molecule has 8 nitrogen and oxygen atoms in total. The highest BCUT2D eigenvalue weighted by Gasteiger charge is 2.31. The monoisotopic (exact) mass is 523 g/mol. The van der Waals surface area contributed by atoms with Crippen LogP contribution in [0, 0.1) is 18.7 Å². The van der Waals surface area contributed by atoms with Gasteiger partial charge in [-0.15, -0.1) is 0 Å². The Morgan fingerprint density at radius 3 is 2.58 bits per heavy atom. The molecule has 2 aliphatic carbocycles. The van der Waals surface area contributed by atoms with Gasteiger partial charge in [0.15, 0.2) is 5.65 Å². The zero-order valence-corrected chi connectivity index (χ0v) is 22.7. The number of carbonyl (C=O) groups excluding carboxylic acids is 1. The summed E-state index contributed by atoms with van der Waals surface area (Å²) in [5.74, 6) is 1.04. The minimum atomic E-state index is -0.761. The highest BCUT2D eigenvalue weighted by molar-refractivity contribution is 5.96. The van der Waals surface area contributed by atoms with E-state index >= 15 is 0 Å². The van der Waals surface area contributed by atoms with Crippen molar-refractivity contribution in [3.8, 4) is 0 Å². The summed E-state index contributed by atoms with van der Waals surface area (Å²) >= 11 is 0. The number of ether oxygens (including phenoxy) is 1. The van der Waals surface area contributed by atoms with Crippen molar-refractivity contribution in [2.24, 2.45) is 5.92 Å². The molecule has 0 aliphatic heterocycles. The zero-order chi connectivity index (χ0) is 27.0. The fourth-order valence-corrected chi connectivity index (χ4v) is 5.37. The summed E-state index contributed by atoms with van der Waals surface area (Å²) in [4.78, 5) is 19.9. The quantitative estimate of drug-likeness (QED) is 0.384. The van der Waals surface area contributed by atoms with E-state index in [9.17, 15) is 14.3 Å². The van der Waals surface area contributed by atoms with Gasteiger partial charge in [0.1, 0.15) is 23.1 Å². The van der Waals surface area contributed by atoms with Gasteiger partial charge >= 0.3 is 6.09 Å². The van der Waals surface area contributed by atoms with Gasteiger partial charge in [-0.25, -0.2) is 19.1 Å². The van der Waals surface area contributed by atoms with E-state index in [1.54, 1.807) is 44.3 Å². The van der Waals surface area contributed by atoms with Crippen LogP contribution in [0.3, 0.4) is 0 Å². The molecule has 0 unspecified atom stereocenters. The molecule has 2 fully saturated rings. The van der Waals surface area contributed by atoms with Gasteiger partial charge in [-0.3, -0.25) is 0 Å². The molecule has 0 saturated heterocycles. The third-order valence-corrected chi connectivity index (χ3v) is 7.53. The second-order valence-electron chi connectivity index (χ2n) is 11.8. The molecular formula is C29H38FN5O3. The Morgan fingerprint density at radius 1 is 1.16 bits per heavy atom. The van der Waals surface area contributed by atoms with Crippen LogP contribution in [-0.2, 0) is 4.74 Å². The van der Waals surface area contributed by atoms with Crippen molar-refractivity contribution in [1.29, 1.82) is 0 Å². The molecule has 0 bridgehead atoms. The lowest BCUT2D eigenvalue weighted by molar-refractivity contribution is 0.0597. The van der Waals surface area contributed by atoms with Gasteiger partial charge < -0.3 is 15.2 Å². The molecule has 3 aromatic rings. The van der Waals surface area contributed by atoms with E-state index < -0.39 is 17.5 Å². The Kier molecular flexibility index (Phi) is 7.31. The first-order valence-electron chi connectivity index (χ1n) is 13.7. The predicted molar refractivity (Wildman–Crippen MR) is 146 cm³/mol. The van der Waals surface area contributed by atoms with Crippen LogP contribution >= 0.6 is 0 Å². The molecule has 2 aromatic heterocycles. The second kappa shape index (κ2) is 10.5. The summed E-state index contributed by atoms with van der Waals surface area (Å²) in [5.41, 5.74) is 1.97. The normalized spacial score (nSPS) is 20.3. The largest absolute Gasteiger partial charge is 0.443 e. The molecule has 2 heterocycles. The Morgan fingerprint density at radius 2 is 1.92 bits per heavy atom. The number of hydrogen-bond acceptors (Lipinski definition) is 6. The van der Waals surface area contributed by atoms with Crippen LogP contribution in [0.2, 0.25) is 0 Å². The lowest BCUT2D eigenvalue weighted by atomic mass is 9.81. The van der Waals surface area contributed by atoms with E-state index in [2.05, 4.69) is 10.4 Å². The number of halogens is 1. The fourth-order valence-electron chi connectivity index (χ4n) is 5.37. The van der Waals surface area contributed by atoms with E-state index in [-0.39, 0.29) is 12.0 Å². The first kappa shape index (κ1) is 26.4. The van der Waals surface area contributed by atoms with Crippen molar-refractivity contribution in [3.63, 3.8) is 0 Å². The van der Waals surface area contributed by atoms with Crippen LogP contribution in [-0.4, -0.2) is 44.0 Å². The maximum Gasteiger partial charge on any atom is 0.420 e. The maximum absolute atomic E-state index is 14.6. The third kappa shape index (κ3) is 5.62. The number of aromatic nitrogens is 3. The van der Waals surface area contributed by atoms with Gasteiger partial charge in [-0.2, -0.15) is 9.61 Å². The Balaban J connectivity index is 1.62. The van der Waals surface area contributed by atoms with Crippen LogP contribution < -0.4 is 10.2 Å². The van der Waals surface area contributed by atoms with Gasteiger partial charge in [-0.05, 0) is 83.1 Å². The standard InChI is InChI=1S/C29H38FN5O3/c1-18-12-21(30)14-22(13-18)34(28(37)38-29(2,3)4)26-15-25(31-16-20-8-5-6-11-24(20)36)33-27-23(17-32-35(26)27)19-9-7-10-19/h12-15,17,19-20,24,36H,5-11,16H2,1-4H3,(H,31,33)/t20-,24+/m1/s1. The van der Waals surface area contributed by atoms with Crippen molar-refractivity contribution in [1.82, 2.24) is 14.6 Å². The molecule has 2 atom stereocenters. The van der Waals surface area contributed by atoms with Crippen molar-refractivity contribution >= 4 is 29.1 Å². The molecule has 38 heavy (non-hydrogen) atoms. The summed E-state index contributed by atoms with van der Waals surface area (Å²) in [6.45, 7) is 7.75. The summed E-state index contributed by atoms with van der Waals surface area (Å²) in [5, 5.41) is 18.5. The van der Waals surface area contributed by atoms with E-state index in [1.165, 1.54) is 23.5 Å². The zero-order valence-electron chi connectivity index (χ0n) is 22.7. The molecule has 2 N–H and O–H groups in total. The number of amides is 1. The summed E-state index contributed by atoms with van der Waals surface area (Å²) in [7, 11) is 0. The molecule has 9 heteroatoms. The number of nitrogens with one attached hydrogen (secondary N) is 1. The number of nitrogens with zero attached hydrogens (tertiary/aromatic N) is 4. The minimum Gasteiger partial charge on any atom is -0.443 e. The molecule has 2 aliphatic rings. The SMILES string of the molecule is Cc1cc(F)cc(N(C(=O)OC(C)(C)C)c2cc(NC[C@H]3CCCC[C@@H]3O)nc3c(C4CCC4)cnn23)c1. The number of carbonyl (C=O) groups is 1. The number of aliphatic hydroxyl groups excluding tert-OH is 1. The number of hydrogen-bond donors (Lipinski definition) is 2. The van der Waals surface area contributed by atoms with Gasteiger partial charge in [0.2, 0.25) is 0 Å². The van der Waals surface area contributed by atoms with Crippen molar-refractivity contribution in [2.45, 2.75) is 90.3 Å². The fraction of sp³-hybridized carbons (Fsp3) is 0.552. The average molecular weight is 524 g/mol. The van der Waals surface area contributed by atoms with Crippen molar-refractivity contribution in [2.75, 3.05) is 16.8 Å². The number of rotatable bonds is 6. The number of aryl methyl sites for hydroxylation is 1. The van der Waals surface area contributed by atoms with Crippen LogP contribution in [0.1, 0.15) is 82.8 Å². The average Bonchev–Trinajstić information content (AvgIpc) is 3.19. The molecule has 0 radical (unpaired) electrons. The van der Waals surface area contributed by atoms with Gasteiger partial charge in [0, 0.05) is 24.1 Å². The summed E-state index contributed by atoms with van der Waals surface area (Å²) in [6, 6.07) is 6.25. The topological polar surface area (TPSA) is 92.0 Å². The van der Waals surface area contributed by atoms with Crippen LogP contribution in [0.25, 0.3) is 5.65 Å². The van der Waals surface area contributed by atoms with E-state index in [0.29, 0.717) is 41.0 Å². The summed E-state index contributed by atoms with van der Waals surface area (Å²) < 4.78 is 22.0. The van der Waals surface area contributed by atoms with Gasteiger partial charge in [-0.1, -0.05) is 19.3 Å². The van der Waals surface area contributed by atoms with Gasteiger partial charge in [0.25, 0.3) is 0 Å². The summed E-state index contributed by atoms with van der Waals surface area (Å²) in [6.07, 6.45) is 8.07. The van der Waals surface area contributed by atoms with Crippen molar-refractivity contribution in [3.05, 3.63) is 47.4 Å². The van der Waals surface area contributed by atoms with E-state index in [0.717, 1.165) is 44.1 Å². The number of benzene rings is 1. The molecule has 5 rings (SSSR count). The molecular weight excluding hydrogens is 485 g/mol. The lowest BCUT2D eigenvalue weighted by Crippen LogP contribution is -2.35. The Hall–Kier alpha value is -3.20. The Labute approximate surface area is 223 Å². The lowest BCUT2D eigenvalue weighted by Gasteiger charge is -2.29. The number of aliphatic hydroxyl groups is 1. The first-order chi connectivity index (χ1) is 18.1. The minimum absolute atomic E-state index is 0.133. The first-order valence-corrected chi connectivity index (χ1v) is 13.7. The van der Waals surface area contributed by atoms with Crippen molar-refractivity contribution < 1.29 is 19.0 Å². The van der Waals surface area contributed by atoms with Crippen LogP contribution in [0.15, 0.2) is 30.5 Å². The highest BCUT2D eigenvalue weighted by Crippen LogP contribution is 2.40. The highest BCUT2D eigenvalue weighted by atomic mass is 19.1. The number of fused-ring (bicyclic) bond motifs is 1. The molecule has 1 amide bonds. The van der Waals surface area contributed by atoms with Crippen LogP contribution in [0.4, 0.5) is 26.5 Å². The molecule has 204 valence electrons. The molecule has 0 spiro atoms. The second-order valence-corrected chi connectivity index (χ2v) is 11.8. The van der Waals surface area contributed by atoms with E-state index in [1.807, 2.05) is 6.20 Å². The molecule has 2 saturated carbocycles. The van der Waals surface area contributed by atoms with Gasteiger partial charge in [0.05, 0.1) is 18.0 Å². The van der Waals surface area contributed by atoms with Crippen LogP contribution in [0.5, 0.6) is 0 Å². The maximum atomic E-state index is 14.6. The third-order valence-electron chi connectivity index (χ3n) is 7.53. The Bertz CT molecular complexity index is 1290. The smallest absolute Gasteiger partial charge is 0.420 e.